The lowest BCUT2D eigenvalue weighted by molar-refractivity contribution is 0.569. The number of halogens is 1. The molecule has 0 bridgehead atoms. The van der Waals surface area contributed by atoms with Crippen LogP contribution < -0.4 is 4.72 Å². The molecule has 2 N–H and O–H groups in total. The maximum atomic E-state index is 11.9. The van der Waals surface area contributed by atoms with Crippen molar-refractivity contribution in [2.75, 3.05) is 5.88 Å². The summed E-state index contributed by atoms with van der Waals surface area (Å²) in [7, 11) is -3.52. The monoisotopic (exact) mass is 251 g/mol. The number of sulfonamides is 1. The average molecular weight is 252 g/mol. The molecule has 0 aromatic carbocycles. The maximum Gasteiger partial charge on any atom is 0.244 e. The van der Waals surface area contributed by atoms with E-state index in [4.69, 9.17) is 11.6 Å². The molecule has 1 unspecified atom stereocenters. The van der Waals surface area contributed by atoms with Gasteiger partial charge >= 0.3 is 0 Å². The van der Waals surface area contributed by atoms with Gasteiger partial charge in [-0.15, -0.1) is 11.6 Å². The van der Waals surface area contributed by atoms with Gasteiger partial charge in [-0.05, 0) is 20.8 Å². The van der Waals surface area contributed by atoms with Gasteiger partial charge in [0.2, 0.25) is 10.0 Å². The van der Waals surface area contributed by atoms with E-state index in [1.54, 1.807) is 20.8 Å². The average Bonchev–Trinajstić information content (AvgIpc) is 2.45. The Hall–Kier alpha value is -0.590. The van der Waals surface area contributed by atoms with E-state index in [1.165, 1.54) is 0 Å². The molecule has 1 aromatic heterocycles. The van der Waals surface area contributed by atoms with Gasteiger partial charge in [-0.3, -0.25) is 5.10 Å². The normalized spacial score (nSPS) is 14.1. The van der Waals surface area contributed by atoms with E-state index in [2.05, 4.69) is 14.9 Å². The first-order valence-corrected chi connectivity index (χ1v) is 6.50. The number of H-pyrrole nitrogens is 1. The molecule has 0 saturated carbocycles. The summed E-state index contributed by atoms with van der Waals surface area (Å²) in [6, 6.07) is -0.301. The van der Waals surface area contributed by atoms with Crippen LogP contribution in [0.4, 0.5) is 0 Å². The van der Waals surface area contributed by atoms with Crippen molar-refractivity contribution in [3.8, 4) is 0 Å². The second kappa shape index (κ2) is 4.51. The number of aryl methyl sites for hydroxylation is 2. The molecule has 0 spiro atoms. The standard InChI is InChI=1S/C8H14ClN3O2S/c1-5(4-9)12-15(13,14)8-6(2)10-11-7(8)3/h5,12H,4H2,1-3H3,(H,10,11). The number of hydrogen-bond donors (Lipinski definition) is 2. The molecule has 15 heavy (non-hydrogen) atoms. The summed E-state index contributed by atoms with van der Waals surface area (Å²) in [5.74, 6) is 0.231. The third kappa shape index (κ3) is 2.70. The quantitative estimate of drug-likeness (QED) is 0.782. The maximum absolute atomic E-state index is 11.9. The molecule has 86 valence electrons. The summed E-state index contributed by atoms with van der Waals surface area (Å²) < 4.78 is 26.2. The number of aromatic amines is 1. The summed E-state index contributed by atoms with van der Waals surface area (Å²) in [5, 5.41) is 6.47. The second-order valence-corrected chi connectivity index (χ2v) is 5.40. The fraction of sp³-hybridized carbons (Fsp3) is 0.625. The van der Waals surface area contributed by atoms with Crippen molar-refractivity contribution in [1.82, 2.24) is 14.9 Å². The van der Waals surface area contributed by atoms with Crippen molar-refractivity contribution >= 4 is 21.6 Å². The van der Waals surface area contributed by atoms with Crippen LogP contribution in [-0.2, 0) is 10.0 Å². The Kier molecular flexibility index (Phi) is 3.75. The predicted octanol–water partition coefficient (Wildman–Crippen LogP) is 0.932. The molecule has 1 atom stereocenters. The minimum Gasteiger partial charge on any atom is -0.281 e. The number of rotatable bonds is 4. The zero-order valence-electron chi connectivity index (χ0n) is 8.83. The van der Waals surface area contributed by atoms with Gasteiger partial charge in [0.05, 0.1) is 11.4 Å². The van der Waals surface area contributed by atoms with E-state index >= 15 is 0 Å². The van der Waals surface area contributed by atoms with Crippen LogP contribution >= 0.6 is 11.6 Å². The largest absolute Gasteiger partial charge is 0.281 e. The highest BCUT2D eigenvalue weighted by molar-refractivity contribution is 7.89. The van der Waals surface area contributed by atoms with Crippen molar-refractivity contribution < 1.29 is 8.42 Å². The molecule has 0 saturated heterocycles. The highest BCUT2D eigenvalue weighted by Crippen LogP contribution is 2.16. The first-order valence-electron chi connectivity index (χ1n) is 4.48. The fourth-order valence-corrected chi connectivity index (χ4v) is 3.07. The number of alkyl halides is 1. The molecule has 1 heterocycles. The first kappa shape index (κ1) is 12.5. The number of nitrogens with zero attached hydrogens (tertiary/aromatic N) is 1. The van der Waals surface area contributed by atoms with Gasteiger partial charge in [-0.2, -0.15) is 5.10 Å². The Morgan fingerprint density at radius 1 is 1.53 bits per heavy atom. The Morgan fingerprint density at radius 3 is 2.53 bits per heavy atom. The molecule has 0 amide bonds. The van der Waals surface area contributed by atoms with Crippen LogP contribution in [0, 0.1) is 13.8 Å². The first-order chi connectivity index (χ1) is 6.88. The Balaban J connectivity index is 3.07. The third-order valence-electron chi connectivity index (χ3n) is 1.92. The van der Waals surface area contributed by atoms with Crippen molar-refractivity contribution in [2.24, 2.45) is 0 Å². The zero-order valence-corrected chi connectivity index (χ0v) is 10.4. The molecule has 0 aliphatic carbocycles. The van der Waals surface area contributed by atoms with Gasteiger partial charge in [0.15, 0.2) is 0 Å². The Bertz CT molecular complexity index is 421. The van der Waals surface area contributed by atoms with Crippen LogP contribution in [0.25, 0.3) is 0 Å². The zero-order chi connectivity index (χ0) is 11.6. The topological polar surface area (TPSA) is 74.8 Å². The molecule has 7 heteroatoms. The molecule has 0 aliphatic rings. The highest BCUT2D eigenvalue weighted by atomic mass is 35.5. The second-order valence-electron chi connectivity index (χ2n) is 3.44. The Labute approximate surface area is 94.3 Å². The highest BCUT2D eigenvalue weighted by Gasteiger charge is 2.23. The minimum absolute atomic E-state index is 0.208. The lowest BCUT2D eigenvalue weighted by Crippen LogP contribution is -2.34. The van der Waals surface area contributed by atoms with Crippen LogP contribution in [-0.4, -0.2) is 30.5 Å². The smallest absolute Gasteiger partial charge is 0.244 e. The molecule has 0 radical (unpaired) electrons. The van der Waals surface area contributed by atoms with E-state index in [9.17, 15) is 8.42 Å². The van der Waals surface area contributed by atoms with Gasteiger partial charge in [0, 0.05) is 11.9 Å². The number of nitrogens with one attached hydrogen (secondary N) is 2. The lowest BCUT2D eigenvalue weighted by Gasteiger charge is -2.11. The summed E-state index contributed by atoms with van der Waals surface area (Å²) in [4.78, 5) is 0.208. The van der Waals surface area contributed by atoms with Crippen molar-refractivity contribution in [2.45, 2.75) is 31.7 Å². The van der Waals surface area contributed by atoms with Crippen LogP contribution in [0.1, 0.15) is 18.3 Å². The molecular formula is C8H14ClN3O2S. The summed E-state index contributed by atoms with van der Waals surface area (Å²) in [6.45, 7) is 5.01. The van der Waals surface area contributed by atoms with Gasteiger partial charge in [0.25, 0.3) is 0 Å². The van der Waals surface area contributed by atoms with Crippen molar-refractivity contribution in [3.63, 3.8) is 0 Å². The lowest BCUT2D eigenvalue weighted by atomic mass is 10.4. The van der Waals surface area contributed by atoms with Gasteiger partial charge in [0.1, 0.15) is 4.90 Å². The van der Waals surface area contributed by atoms with Gasteiger partial charge < -0.3 is 0 Å². The number of hydrogen-bond acceptors (Lipinski definition) is 3. The molecular weight excluding hydrogens is 238 g/mol. The summed E-state index contributed by atoms with van der Waals surface area (Å²) in [5.41, 5.74) is 0.989. The number of aromatic nitrogens is 2. The van der Waals surface area contributed by atoms with E-state index in [-0.39, 0.29) is 16.8 Å². The van der Waals surface area contributed by atoms with Crippen LogP contribution in [0.2, 0.25) is 0 Å². The van der Waals surface area contributed by atoms with E-state index in [1.807, 2.05) is 0 Å². The van der Waals surface area contributed by atoms with Crippen LogP contribution in [0.3, 0.4) is 0 Å². The van der Waals surface area contributed by atoms with Crippen molar-refractivity contribution in [3.05, 3.63) is 11.4 Å². The van der Waals surface area contributed by atoms with E-state index in [0.717, 1.165) is 0 Å². The van der Waals surface area contributed by atoms with Crippen LogP contribution in [0.15, 0.2) is 4.90 Å². The SMILES string of the molecule is Cc1n[nH]c(C)c1S(=O)(=O)NC(C)CCl. The van der Waals surface area contributed by atoms with Crippen LogP contribution in [0.5, 0.6) is 0 Å². The minimum atomic E-state index is -3.52. The summed E-state index contributed by atoms with van der Waals surface area (Å²) in [6.07, 6.45) is 0. The molecule has 1 rings (SSSR count). The molecule has 0 fully saturated rings. The van der Waals surface area contributed by atoms with Crippen molar-refractivity contribution in [1.29, 1.82) is 0 Å². The Morgan fingerprint density at radius 2 is 2.13 bits per heavy atom. The van der Waals surface area contributed by atoms with Gasteiger partial charge in [-0.25, -0.2) is 13.1 Å². The molecule has 1 aromatic rings. The fourth-order valence-electron chi connectivity index (χ4n) is 1.29. The van der Waals surface area contributed by atoms with E-state index in [0.29, 0.717) is 11.4 Å². The predicted molar refractivity (Wildman–Crippen MR) is 58.6 cm³/mol. The van der Waals surface area contributed by atoms with E-state index < -0.39 is 10.0 Å². The van der Waals surface area contributed by atoms with Gasteiger partial charge in [-0.1, -0.05) is 0 Å². The molecule has 5 nitrogen and oxygen atoms in total. The third-order valence-corrected chi connectivity index (χ3v) is 4.23. The molecule has 0 aliphatic heterocycles. The summed E-state index contributed by atoms with van der Waals surface area (Å²) >= 11 is 5.55.